The molecule has 0 aromatic rings. The number of hydrogen-bond donors (Lipinski definition) is 1. The molecule has 0 amide bonds. The quantitative estimate of drug-likeness (QED) is 0.496. The van der Waals surface area contributed by atoms with Crippen LogP contribution in [0.1, 0.15) is 0 Å². The average Bonchev–Trinajstić information content (AvgIpc) is 1.25. The van der Waals surface area contributed by atoms with E-state index < -0.39 is 15.6 Å². The molecule has 3 nitrogen and oxygen atoms in total. The summed E-state index contributed by atoms with van der Waals surface area (Å²) in [6.45, 7) is 0. The molecule has 0 saturated heterocycles. The molecule has 1 N–H and O–H groups in total. The minimum atomic E-state index is -5.84. The molecule has 0 aliphatic heterocycles. The van der Waals surface area contributed by atoms with Gasteiger partial charge in [0, 0.05) is 25.8 Å². The molecule has 0 aliphatic carbocycles. The van der Waals surface area contributed by atoms with E-state index in [4.69, 9.17) is 13.0 Å². The van der Waals surface area contributed by atoms with Crippen molar-refractivity contribution in [3.63, 3.8) is 0 Å². The Morgan fingerprint density at radius 2 is 1.30 bits per heavy atom. The van der Waals surface area contributed by atoms with Crippen LogP contribution in [0.3, 0.4) is 0 Å². The van der Waals surface area contributed by atoms with Gasteiger partial charge in [0.1, 0.15) is 0 Å². The molecule has 0 aromatic heterocycles. The van der Waals surface area contributed by atoms with Crippen LogP contribution in [0.15, 0.2) is 0 Å². The number of halogens is 4. The number of alkyl halides is 3. The summed E-state index contributed by atoms with van der Waals surface area (Å²) in [7, 11) is -5.84. The van der Waals surface area contributed by atoms with E-state index in [0.717, 1.165) is 0 Å². The third-order valence-electron chi connectivity index (χ3n) is 0.292. The van der Waals surface area contributed by atoms with Crippen LogP contribution >= 0.6 is 12.4 Å². The normalized spacial score (nSPS) is 11.2. The first kappa shape index (κ1) is 17.1. The van der Waals surface area contributed by atoms with Crippen LogP contribution in [-0.4, -0.2) is 18.5 Å². The van der Waals surface area contributed by atoms with Gasteiger partial charge >= 0.3 is 15.6 Å². The van der Waals surface area contributed by atoms with Crippen molar-refractivity contribution in [3.05, 3.63) is 0 Å². The van der Waals surface area contributed by atoms with Crippen LogP contribution in [0, 0.1) is 0 Å². The van der Waals surface area contributed by atoms with E-state index >= 15 is 0 Å². The van der Waals surface area contributed by atoms with E-state index in [1.54, 1.807) is 0 Å². The molecule has 9 heteroatoms. The Hall–Kier alpha value is 0.860. The molecule has 0 aliphatic rings. The first-order valence-electron chi connectivity index (χ1n) is 1.29. The van der Waals surface area contributed by atoms with Gasteiger partial charge in [0.2, 0.25) is 0 Å². The second kappa shape index (κ2) is 4.68. The molecule has 0 heterocycles. The van der Waals surface area contributed by atoms with Crippen LogP contribution in [-0.2, 0) is 36.0 Å². The van der Waals surface area contributed by atoms with Gasteiger partial charge in [-0.25, -0.2) is 0 Å². The van der Waals surface area contributed by atoms with E-state index in [1.165, 1.54) is 0 Å². The summed E-state index contributed by atoms with van der Waals surface area (Å²) >= 11 is 0. The van der Waals surface area contributed by atoms with Gasteiger partial charge in [0.05, 0.1) is 0 Å². The summed E-state index contributed by atoms with van der Waals surface area (Å²) in [4.78, 5) is 0. The first-order valence-corrected chi connectivity index (χ1v) is 2.73. The van der Waals surface area contributed by atoms with Gasteiger partial charge in [-0.1, -0.05) is 0 Å². The third kappa shape index (κ3) is 5.63. The molecule has 0 bridgehead atoms. The molecule has 61 valence electrons. The van der Waals surface area contributed by atoms with E-state index in [0.29, 0.717) is 0 Å². The summed E-state index contributed by atoms with van der Waals surface area (Å²) in [6, 6.07) is 0. The summed E-state index contributed by atoms with van der Waals surface area (Å²) in [5, 5.41) is 0. The molecule has 0 saturated carbocycles. The van der Waals surface area contributed by atoms with Crippen molar-refractivity contribution in [2.24, 2.45) is 0 Å². The Morgan fingerprint density at radius 3 is 1.30 bits per heavy atom. The number of rotatable bonds is 0. The predicted molar refractivity (Wildman–Crippen MR) is 24.9 cm³/mol. The maximum atomic E-state index is 10.7. The predicted octanol–water partition coefficient (Wildman–Crippen LogP) is 0.813. The largest absolute Gasteiger partial charge is 0.522 e. The van der Waals surface area contributed by atoms with Gasteiger partial charge in [-0.3, -0.25) is 4.55 Å². The number of hydrogen-bond acceptors (Lipinski definition) is 2. The fourth-order valence-corrected chi connectivity index (χ4v) is 0. The molecule has 0 atom stereocenters. The molecule has 0 fully saturated rings. The van der Waals surface area contributed by atoms with Crippen LogP contribution < -0.4 is 0 Å². The van der Waals surface area contributed by atoms with Gasteiger partial charge in [0.25, 0.3) is 0 Å². The van der Waals surface area contributed by atoms with Gasteiger partial charge < -0.3 is 0 Å². The van der Waals surface area contributed by atoms with E-state index in [9.17, 15) is 13.2 Å². The van der Waals surface area contributed by atoms with Crippen molar-refractivity contribution in [2.45, 2.75) is 5.51 Å². The zero-order valence-corrected chi connectivity index (χ0v) is 7.73. The zero-order chi connectivity index (χ0) is 7.00. The SMILES string of the molecule is Cl.O=S(=O)(O)C(F)(F)F.[Sc]. The van der Waals surface area contributed by atoms with Crippen molar-refractivity contribution in [3.8, 4) is 0 Å². The standard InChI is InChI=1S/CHF3O3S.ClH.Sc/c2-1(3,4)8(5,6)7;;/h(H,5,6,7);1H;. The Bertz CT molecular complexity index is 173. The van der Waals surface area contributed by atoms with Crippen molar-refractivity contribution in [1.29, 1.82) is 0 Å². The van der Waals surface area contributed by atoms with E-state index in [1.807, 2.05) is 0 Å². The summed E-state index contributed by atoms with van der Waals surface area (Å²) < 4.78 is 57.5. The first-order chi connectivity index (χ1) is 3.25. The second-order valence-corrected chi connectivity index (χ2v) is 2.33. The Kier molecular flexibility index (Phi) is 8.00. The van der Waals surface area contributed by atoms with Crippen molar-refractivity contribution < 1.29 is 52.0 Å². The fraction of sp³-hybridized carbons (Fsp3) is 1.00. The van der Waals surface area contributed by atoms with Gasteiger partial charge in [-0.2, -0.15) is 21.6 Å². The van der Waals surface area contributed by atoms with Crippen molar-refractivity contribution >= 4 is 22.5 Å². The molecule has 0 unspecified atom stereocenters. The Morgan fingerprint density at radius 1 is 1.20 bits per heavy atom. The second-order valence-electron chi connectivity index (χ2n) is 0.921. The molecule has 0 rings (SSSR count). The van der Waals surface area contributed by atoms with Crippen LogP contribution in [0.5, 0.6) is 0 Å². The minimum Gasteiger partial charge on any atom is -0.279 e. The molecule has 1 radical (unpaired) electrons. The van der Waals surface area contributed by atoms with Gasteiger partial charge in [-0.15, -0.1) is 12.4 Å². The molecule has 0 aromatic carbocycles. The maximum Gasteiger partial charge on any atom is 0.522 e. The molecule has 10 heavy (non-hydrogen) atoms. The van der Waals surface area contributed by atoms with Crippen LogP contribution in [0.2, 0.25) is 0 Å². The van der Waals surface area contributed by atoms with Gasteiger partial charge in [-0.05, 0) is 0 Å². The fourth-order valence-electron chi connectivity index (χ4n) is 0. The Labute approximate surface area is 79.9 Å². The summed E-state index contributed by atoms with van der Waals surface area (Å²) in [5.74, 6) is 0. The third-order valence-corrected chi connectivity index (χ3v) is 0.877. The summed E-state index contributed by atoms with van der Waals surface area (Å²) in [5.41, 5.74) is -5.53. The van der Waals surface area contributed by atoms with Crippen molar-refractivity contribution in [1.82, 2.24) is 0 Å². The topological polar surface area (TPSA) is 54.4 Å². The van der Waals surface area contributed by atoms with Gasteiger partial charge in [0.15, 0.2) is 0 Å². The zero-order valence-electron chi connectivity index (χ0n) is 4.29. The Balaban J connectivity index is -0.000000245. The molecular weight excluding hydrogens is 229 g/mol. The van der Waals surface area contributed by atoms with Crippen LogP contribution in [0.4, 0.5) is 13.2 Å². The van der Waals surface area contributed by atoms with E-state index in [-0.39, 0.29) is 38.3 Å². The maximum absolute atomic E-state index is 10.7. The van der Waals surface area contributed by atoms with Crippen molar-refractivity contribution in [2.75, 3.05) is 0 Å². The summed E-state index contributed by atoms with van der Waals surface area (Å²) in [6.07, 6.45) is 0. The van der Waals surface area contributed by atoms with E-state index in [2.05, 4.69) is 0 Å². The minimum absolute atomic E-state index is 0. The molecule has 0 spiro atoms. The van der Waals surface area contributed by atoms with Crippen LogP contribution in [0.25, 0.3) is 0 Å². The average molecular weight is 231 g/mol. The monoisotopic (exact) mass is 231 g/mol. The smallest absolute Gasteiger partial charge is 0.279 e. The molecular formula is CH2ClF3O3SSc.